The smallest absolute Gasteiger partial charge is 0.383 e. The second-order valence-corrected chi connectivity index (χ2v) is 10.2. The summed E-state index contributed by atoms with van der Waals surface area (Å²) in [7, 11) is 0. The van der Waals surface area contributed by atoms with Crippen LogP contribution in [0.2, 0.25) is 5.02 Å². The molecule has 0 saturated heterocycles. The van der Waals surface area contributed by atoms with Crippen LogP contribution < -0.4 is 16.4 Å². The van der Waals surface area contributed by atoms with Crippen LogP contribution in [-0.4, -0.2) is 44.6 Å². The first-order valence-electron chi connectivity index (χ1n) is 12.1. The van der Waals surface area contributed by atoms with Gasteiger partial charge in [0.25, 0.3) is 5.91 Å². The molecule has 40 heavy (non-hydrogen) atoms. The van der Waals surface area contributed by atoms with E-state index in [0.717, 1.165) is 16.4 Å². The van der Waals surface area contributed by atoms with Crippen molar-refractivity contribution in [3.8, 4) is 11.3 Å². The Morgan fingerprint density at radius 2 is 1.88 bits per heavy atom. The molecule has 0 aliphatic carbocycles. The lowest BCUT2D eigenvalue weighted by atomic mass is 10.1. The predicted molar refractivity (Wildman–Crippen MR) is 147 cm³/mol. The molecular weight excluding hydrogens is 545 g/mol. The monoisotopic (exact) mass is 571 g/mol. The average molecular weight is 572 g/mol. The van der Waals surface area contributed by atoms with Gasteiger partial charge in [-0.15, -0.1) is 0 Å². The SMILES string of the molecule is Cc1ccc(-c2nn(C(C)(C)CNC(=O)/C(C=N)=C(/[NH2+]c3cccc(Cl)c3)C(F)(F)F)c3ncnc(N)c23)cc1. The Balaban J connectivity index is 1.68. The summed E-state index contributed by atoms with van der Waals surface area (Å²) in [5.74, 6) is -0.856. The molecule has 0 atom stereocenters. The molecule has 9 nitrogen and oxygen atoms in total. The number of rotatable bonds is 8. The molecule has 0 fully saturated rings. The van der Waals surface area contributed by atoms with Crippen LogP contribution in [-0.2, 0) is 10.3 Å². The normalized spacial score (nSPS) is 12.8. The van der Waals surface area contributed by atoms with E-state index >= 15 is 0 Å². The van der Waals surface area contributed by atoms with Gasteiger partial charge in [0.1, 0.15) is 29.1 Å². The number of benzene rings is 2. The molecule has 4 rings (SSSR count). The van der Waals surface area contributed by atoms with E-state index in [1.807, 2.05) is 31.2 Å². The minimum atomic E-state index is -4.91. The molecule has 208 valence electrons. The topological polar surface area (TPSA) is 139 Å². The van der Waals surface area contributed by atoms with Gasteiger partial charge in [0.05, 0.1) is 10.9 Å². The summed E-state index contributed by atoms with van der Waals surface area (Å²) in [5, 5.41) is 16.4. The van der Waals surface area contributed by atoms with Crippen LogP contribution in [0, 0.1) is 12.3 Å². The van der Waals surface area contributed by atoms with E-state index in [1.54, 1.807) is 18.5 Å². The van der Waals surface area contributed by atoms with Crippen LogP contribution in [0.1, 0.15) is 19.4 Å². The molecule has 0 saturated carbocycles. The summed E-state index contributed by atoms with van der Waals surface area (Å²) in [6, 6.07) is 13.4. The summed E-state index contributed by atoms with van der Waals surface area (Å²) in [4.78, 5) is 21.5. The predicted octanol–water partition coefficient (Wildman–Crippen LogP) is 4.25. The fourth-order valence-corrected chi connectivity index (χ4v) is 4.32. The Hall–Kier alpha value is -4.29. The standard InChI is InChI=1S/C27H26ClF3N8O/c1-15-7-9-16(10-8-15)21-20-23(33)35-14-36-24(20)39(38-21)26(2,3)13-34-25(40)19(12-32)22(27(29,30)31)37-18-6-4-5-17(28)11-18/h4-12,14,32,37H,13H2,1-3H3,(H,34,40)(H2,33,35,36)/p+1/b22-19+,32-12?. The van der Waals surface area contributed by atoms with Gasteiger partial charge in [0.15, 0.2) is 5.65 Å². The summed E-state index contributed by atoms with van der Waals surface area (Å²) < 4.78 is 43.6. The van der Waals surface area contributed by atoms with Gasteiger partial charge in [0, 0.05) is 29.4 Å². The number of aryl methyl sites for hydroxylation is 1. The van der Waals surface area contributed by atoms with Crippen LogP contribution in [0.15, 0.2) is 66.1 Å². The number of hydrogen-bond donors (Lipinski definition) is 4. The van der Waals surface area contributed by atoms with Crippen LogP contribution in [0.5, 0.6) is 0 Å². The maximum Gasteiger partial charge on any atom is 0.468 e. The van der Waals surface area contributed by atoms with E-state index in [9.17, 15) is 18.0 Å². The number of nitrogens with one attached hydrogen (secondary N) is 2. The molecular formula is C27H27ClF3N8O+. The van der Waals surface area contributed by atoms with E-state index in [2.05, 4.69) is 15.3 Å². The van der Waals surface area contributed by atoms with Crippen LogP contribution in [0.3, 0.4) is 0 Å². The highest BCUT2D eigenvalue weighted by Gasteiger charge is 2.43. The molecule has 0 spiro atoms. The first-order chi connectivity index (χ1) is 18.8. The van der Waals surface area contributed by atoms with Crippen molar-refractivity contribution in [3.63, 3.8) is 0 Å². The number of nitrogens with zero attached hydrogens (tertiary/aromatic N) is 4. The number of hydrogen-bond acceptors (Lipinski definition) is 6. The third-order valence-electron chi connectivity index (χ3n) is 6.22. The molecule has 0 radical (unpaired) electrons. The molecule has 0 unspecified atom stereocenters. The zero-order chi connectivity index (χ0) is 29.2. The van der Waals surface area contributed by atoms with Crippen LogP contribution >= 0.6 is 11.6 Å². The second-order valence-electron chi connectivity index (χ2n) is 9.75. The second kappa shape index (κ2) is 11.1. The van der Waals surface area contributed by atoms with E-state index < -0.39 is 28.9 Å². The molecule has 2 heterocycles. The van der Waals surface area contributed by atoms with Crippen molar-refractivity contribution in [2.45, 2.75) is 32.5 Å². The minimum Gasteiger partial charge on any atom is -0.383 e. The fraction of sp³-hybridized carbons (Fsp3) is 0.222. The fourth-order valence-electron chi connectivity index (χ4n) is 4.12. The third-order valence-corrected chi connectivity index (χ3v) is 6.45. The van der Waals surface area contributed by atoms with Gasteiger partial charge in [-0.1, -0.05) is 47.5 Å². The summed E-state index contributed by atoms with van der Waals surface area (Å²) >= 11 is 5.91. The zero-order valence-electron chi connectivity index (χ0n) is 21.8. The van der Waals surface area contributed by atoms with Crippen molar-refractivity contribution in [1.29, 1.82) is 5.41 Å². The Morgan fingerprint density at radius 3 is 2.50 bits per heavy atom. The summed E-state index contributed by atoms with van der Waals surface area (Å²) in [6.07, 6.45) is -3.23. The number of nitrogens with two attached hydrogens (primary N) is 2. The molecule has 13 heteroatoms. The van der Waals surface area contributed by atoms with Crippen LogP contribution in [0.25, 0.3) is 22.3 Å². The Labute approximate surface area is 232 Å². The van der Waals surface area contributed by atoms with E-state index in [-0.39, 0.29) is 23.1 Å². The third kappa shape index (κ3) is 5.97. The van der Waals surface area contributed by atoms with E-state index in [1.165, 1.54) is 30.6 Å². The maximum atomic E-state index is 14.0. The molecule has 0 bridgehead atoms. The highest BCUT2D eigenvalue weighted by molar-refractivity contribution is 6.30. The van der Waals surface area contributed by atoms with Crippen molar-refractivity contribution in [2.24, 2.45) is 0 Å². The van der Waals surface area contributed by atoms with Gasteiger partial charge < -0.3 is 16.5 Å². The number of carbonyl (C=O) groups is 1. The zero-order valence-corrected chi connectivity index (χ0v) is 22.6. The Morgan fingerprint density at radius 1 is 1.18 bits per heavy atom. The average Bonchev–Trinajstić information content (AvgIpc) is 3.29. The van der Waals surface area contributed by atoms with Crippen molar-refractivity contribution >= 4 is 46.3 Å². The minimum absolute atomic E-state index is 0.135. The van der Waals surface area contributed by atoms with Gasteiger partial charge in [0.2, 0.25) is 5.70 Å². The number of carbonyl (C=O) groups excluding carboxylic acids is 1. The number of allylic oxidation sites excluding steroid dienone is 1. The van der Waals surface area contributed by atoms with E-state index in [0.29, 0.717) is 22.9 Å². The lowest BCUT2D eigenvalue weighted by molar-refractivity contribution is -0.544. The Kier molecular flexibility index (Phi) is 7.94. The highest BCUT2D eigenvalue weighted by atomic mass is 35.5. The first-order valence-corrected chi connectivity index (χ1v) is 12.5. The molecule has 1 amide bonds. The number of amides is 1. The summed E-state index contributed by atoms with van der Waals surface area (Å²) in [5.41, 5.74) is 5.99. The quantitative estimate of drug-likeness (QED) is 0.142. The number of aromatic nitrogens is 4. The lowest BCUT2D eigenvalue weighted by Crippen LogP contribution is -2.79. The summed E-state index contributed by atoms with van der Waals surface area (Å²) in [6.45, 7) is 5.30. The molecule has 4 aromatic rings. The largest absolute Gasteiger partial charge is 0.468 e. The van der Waals surface area contributed by atoms with Crippen molar-refractivity contribution < 1.29 is 23.3 Å². The van der Waals surface area contributed by atoms with Crippen molar-refractivity contribution in [1.82, 2.24) is 25.1 Å². The highest BCUT2D eigenvalue weighted by Crippen LogP contribution is 2.33. The van der Waals surface area contributed by atoms with Gasteiger partial charge in [-0.25, -0.2) is 14.6 Å². The lowest BCUT2D eigenvalue weighted by Gasteiger charge is -2.26. The number of anilines is 1. The van der Waals surface area contributed by atoms with E-state index in [4.69, 9.17) is 27.8 Å². The maximum absolute atomic E-state index is 14.0. The van der Waals surface area contributed by atoms with Crippen molar-refractivity contribution in [2.75, 3.05) is 12.3 Å². The van der Waals surface area contributed by atoms with Gasteiger partial charge >= 0.3 is 6.18 Å². The van der Waals surface area contributed by atoms with Crippen molar-refractivity contribution in [3.05, 3.63) is 76.7 Å². The number of fused-ring (bicyclic) bond motifs is 1. The number of alkyl halides is 3. The number of nitrogen functional groups attached to an aromatic ring is 1. The molecule has 0 aliphatic rings. The molecule has 2 aromatic carbocycles. The van der Waals surface area contributed by atoms with Gasteiger partial charge in [-0.2, -0.15) is 18.3 Å². The molecule has 6 N–H and O–H groups in total. The number of halogens is 4. The first kappa shape index (κ1) is 28.7. The van der Waals surface area contributed by atoms with Gasteiger partial charge in [-0.05, 0) is 32.9 Å². The van der Waals surface area contributed by atoms with Gasteiger partial charge in [-0.3, -0.25) is 10.1 Å². The Bertz CT molecular complexity index is 1610. The number of quaternary nitrogens is 1. The molecule has 0 aliphatic heterocycles. The molecule has 2 aromatic heterocycles. The van der Waals surface area contributed by atoms with Crippen LogP contribution in [0.4, 0.5) is 24.7 Å².